The Morgan fingerprint density at radius 3 is 2.26 bits per heavy atom. The maximum Gasteiger partial charge on any atom is 0.490 e. The number of amides is 1. The topological polar surface area (TPSA) is 125 Å². The van der Waals surface area contributed by atoms with Gasteiger partial charge in [0.1, 0.15) is 24.2 Å². The van der Waals surface area contributed by atoms with Crippen LogP contribution in [0.4, 0.5) is 24.9 Å². The number of para-hydroxylation sites is 1. The number of anilines is 2. The summed E-state index contributed by atoms with van der Waals surface area (Å²) in [5.41, 5.74) is 1.07. The Balaban J connectivity index is 0.000000616. The van der Waals surface area contributed by atoms with Gasteiger partial charge in [-0.25, -0.2) is 9.78 Å². The van der Waals surface area contributed by atoms with Crippen LogP contribution in [0, 0.1) is 5.92 Å². The lowest BCUT2D eigenvalue weighted by molar-refractivity contribution is -0.192. The van der Waals surface area contributed by atoms with Gasteiger partial charge in [-0.3, -0.25) is 4.79 Å². The first-order chi connectivity index (χ1) is 20.2. The van der Waals surface area contributed by atoms with Gasteiger partial charge < -0.3 is 25.8 Å². The van der Waals surface area contributed by atoms with Crippen molar-refractivity contribution in [1.29, 1.82) is 0 Å². The fraction of sp³-hybridized carbons (Fsp3) is 0.400. The van der Waals surface area contributed by atoms with Gasteiger partial charge in [0.25, 0.3) is 0 Å². The largest absolute Gasteiger partial charge is 0.492 e. The van der Waals surface area contributed by atoms with Crippen LogP contribution < -0.4 is 20.7 Å². The van der Waals surface area contributed by atoms with E-state index in [1.165, 1.54) is 32.1 Å². The van der Waals surface area contributed by atoms with Crippen LogP contribution in [0.2, 0.25) is 0 Å². The third-order valence-corrected chi connectivity index (χ3v) is 6.51. The fourth-order valence-corrected chi connectivity index (χ4v) is 4.37. The number of carboxylic acids is 1. The van der Waals surface area contributed by atoms with Gasteiger partial charge in [0.2, 0.25) is 11.9 Å². The number of hydrogen-bond acceptors (Lipinski definition) is 7. The molecule has 226 valence electrons. The van der Waals surface area contributed by atoms with Crippen molar-refractivity contribution >= 4 is 23.6 Å². The highest BCUT2D eigenvalue weighted by Gasteiger charge is 2.38. The maximum absolute atomic E-state index is 13.1. The maximum atomic E-state index is 13.1. The van der Waals surface area contributed by atoms with Gasteiger partial charge >= 0.3 is 12.1 Å². The number of alkyl halides is 3. The minimum absolute atomic E-state index is 0.0964. The van der Waals surface area contributed by atoms with Crippen molar-refractivity contribution in [3.63, 3.8) is 0 Å². The lowest BCUT2D eigenvalue weighted by Gasteiger charge is -2.22. The Morgan fingerprint density at radius 2 is 1.62 bits per heavy atom. The molecule has 1 aliphatic rings. The number of ether oxygens (including phenoxy) is 1. The lowest BCUT2D eigenvalue weighted by Crippen LogP contribution is -2.42. The highest BCUT2D eigenvalue weighted by molar-refractivity contribution is 5.84. The van der Waals surface area contributed by atoms with E-state index in [0.717, 1.165) is 17.9 Å². The van der Waals surface area contributed by atoms with Crippen LogP contribution in [-0.2, 0) is 16.0 Å². The second kappa shape index (κ2) is 16.8. The first kappa shape index (κ1) is 32.2. The van der Waals surface area contributed by atoms with Gasteiger partial charge in [0, 0.05) is 19.2 Å². The van der Waals surface area contributed by atoms with E-state index in [2.05, 4.69) is 25.9 Å². The van der Waals surface area contributed by atoms with Crippen molar-refractivity contribution in [2.24, 2.45) is 5.92 Å². The fourth-order valence-electron chi connectivity index (χ4n) is 4.37. The minimum atomic E-state index is -5.08. The van der Waals surface area contributed by atoms with Crippen LogP contribution in [0.25, 0.3) is 0 Å². The zero-order valence-electron chi connectivity index (χ0n) is 23.1. The van der Waals surface area contributed by atoms with Crippen LogP contribution in [0.3, 0.4) is 0 Å². The number of hydrogen-bond donors (Lipinski definition) is 4. The first-order valence-electron chi connectivity index (χ1n) is 13.8. The zero-order chi connectivity index (χ0) is 30.2. The zero-order valence-corrected chi connectivity index (χ0v) is 23.1. The number of aromatic nitrogens is 2. The predicted molar refractivity (Wildman–Crippen MR) is 153 cm³/mol. The number of benzene rings is 2. The van der Waals surface area contributed by atoms with Crippen molar-refractivity contribution in [3.8, 4) is 5.75 Å². The molecule has 4 rings (SSSR count). The Hall–Kier alpha value is -4.35. The minimum Gasteiger partial charge on any atom is -0.492 e. The SMILES string of the molecule is O=C(NCCOc1ccccc1)[C@H](Cc1ccccc1)Nc1ccnc(NCC2CCCCC2)n1.O=C(O)C(F)(F)F. The summed E-state index contributed by atoms with van der Waals surface area (Å²) in [4.78, 5) is 31.0. The number of carboxylic acid groups (broad SMARTS) is 1. The van der Waals surface area contributed by atoms with E-state index in [4.69, 9.17) is 14.6 Å². The van der Waals surface area contributed by atoms with Crippen LogP contribution in [0.15, 0.2) is 72.9 Å². The molecule has 0 saturated heterocycles. The Morgan fingerprint density at radius 1 is 0.976 bits per heavy atom. The third kappa shape index (κ3) is 12.0. The van der Waals surface area contributed by atoms with E-state index in [1.807, 2.05) is 60.7 Å². The average Bonchev–Trinajstić information content (AvgIpc) is 2.99. The second-order valence-corrected chi connectivity index (χ2v) is 9.79. The van der Waals surface area contributed by atoms with Gasteiger partial charge in [0.05, 0.1) is 6.54 Å². The van der Waals surface area contributed by atoms with Crippen LogP contribution in [-0.4, -0.2) is 58.9 Å². The summed E-state index contributed by atoms with van der Waals surface area (Å²) in [6.07, 6.45) is 3.67. The van der Waals surface area contributed by atoms with E-state index >= 15 is 0 Å². The first-order valence-corrected chi connectivity index (χ1v) is 13.8. The summed E-state index contributed by atoms with van der Waals surface area (Å²) in [5.74, 6) is -0.166. The van der Waals surface area contributed by atoms with Crippen molar-refractivity contribution in [2.75, 3.05) is 30.3 Å². The van der Waals surface area contributed by atoms with Gasteiger partial charge in [-0.1, -0.05) is 67.8 Å². The quantitative estimate of drug-likeness (QED) is 0.210. The molecule has 2 aromatic carbocycles. The molecule has 1 amide bonds. The normalized spacial score (nSPS) is 14.1. The molecule has 3 aromatic rings. The van der Waals surface area contributed by atoms with Crippen molar-refractivity contribution in [3.05, 3.63) is 78.5 Å². The Bertz CT molecular complexity index is 1230. The second-order valence-electron chi connectivity index (χ2n) is 9.79. The van der Waals surface area contributed by atoms with E-state index in [0.29, 0.717) is 37.3 Å². The molecule has 0 spiro atoms. The van der Waals surface area contributed by atoms with E-state index < -0.39 is 18.2 Å². The molecule has 0 unspecified atom stereocenters. The molecule has 1 saturated carbocycles. The Labute approximate surface area is 242 Å². The molecule has 1 atom stereocenters. The van der Waals surface area contributed by atoms with Gasteiger partial charge in [-0.05, 0) is 42.5 Å². The Kier molecular flexibility index (Phi) is 12.9. The van der Waals surface area contributed by atoms with Crippen LogP contribution in [0.1, 0.15) is 37.7 Å². The summed E-state index contributed by atoms with van der Waals surface area (Å²) in [7, 11) is 0. The molecule has 42 heavy (non-hydrogen) atoms. The molecule has 12 heteroatoms. The van der Waals surface area contributed by atoms with Gasteiger partial charge in [0.15, 0.2) is 0 Å². The highest BCUT2D eigenvalue weighted by Crippen LogP contribution is 2.23. The standard InChI is InChI=1S/C28H35N5O2.C2HF3O2/c34-27(29-18-19-35-24-14-8-3-9-15-24)25(20-22-10-4-1-5-11-22)32-26-16-17-30-28(33-26)31-21-23-12-6-2-7-13-23;3-2(4,5)1(6)7/h1,3-5,8-11,14-17,23,25H,2,6-7,12-13,18-21H2,(H,29,34)(H2,30,31,32,33);(H,6,7)/t25-;/m0./s1. The molecule has 0 aliphatic heterocycles. The van der Waals surface area contributed by atoms with Crippen molar-refractivity contribution in [2.45, 2.75) is 50.7 Å². The van der Waals surface area contributed by atoms with Crippen LogP contribution >= 0.6 is 0 Å². The average molecular weight is 588 g/mol. The number of carbonyl (C=O) groups is 2. The van der Waals surface area contributed by atoms with E-state index in [9.17, 15) is 18.0 Å². The number of nitrogens with zero attached hydrogens (tertiary/aromatic N) is 2. The number of nitrogens with one attached hydrogen (secondary N) is 3. The molecular formula is C30H36F3N5O4. The van der Waals surface area contributed by atoms with Gasteiger partial charge in [-0.15, -0.1) is 0 Å². The van der Waals surface area contributed by atoms with Crippen molar-refractivity contribution in [1.82, 2.24) is 15.3 Å². The van der Waals surface area contributed by atoms with Gasteiger partial charge in [-0.2, -0.15) is 18.2 Å². The number of carbonyl (C=O) groups excluding carboxylic acids is 1. The molecule has 0 radical (unpaired) electrons. The molecule has 4 N–H and O–H groups in total. The summed E-state index contributed by atoms with van der Waals surface area (Å²) in [6.45, 7) is 1.70. The van der Waals surface area contributed by atoms with Crippen LogP contribution in [0.5, 0.6) is 5.75 Å². The summed E-state index contributed by atoms with van der Waals surface area (Å²) < 4.78 is 37.4. The third-order valence-electron chi connectivity index (χ3n) is 6.51. The lowest BCUT2D eigenvalue weighted by atomic mass is 9.89. The van der Waals surface area contributed by atoms with E-state index in [1.54, 1.807) is 12.3 Å². The number of rotatable bonds is 12. The van der Waals surface area contributed by atoms with Crippen molar-refractivity contribution < 1.29 is 32.6 Å². The monoisotopic (exact) mass is 587 g/mol. The molecule has 1 fully saturated rings. The summed E-state index contributed by atoms with van der Waals surface area (Å²) in [6, 6.07) is 20.9. The molecule has 1 aromatic heterocycles. The smallest absolute Gasteiger partial charge is 0.490 e. The number of halogens is 3. The summed E-state index contributed by atoms with van der Waals surface area (Å²) in [5, 5.41) is 16.8. The summed E-state index contributed by atoms with van der Waals surface area (Å²) >= 11 is 0. The number of aliphatic carboxylic acids is 1. The molecule has 0 bridgehead atoms. The predicted octanol–water partition coefficient (Wildman–Crippen LogP) is 5.32. The molecule has 1 heterocycles. The molecular weight excluding hydrogens is 551 g/mol. The van der Waals surface area contributed by atoms with E-state index in [-0.39, 0.29) is 5.91 Å². The molecule has 9 nitrogen and oxygen atoms in total. The molecule has 1 aliphatic carbocycles. The highest BCUT2D eigenvalue weighted by atomic mass is 19.4.